The largest absolute Gasteiger partial charge is 0.348 e. The van der Waals surface area contributed by atoms with E-state index in [1.807, 2.05) is 13.0 Å². The van der Waals surface area contributed by atoms with E-state index in [4.69, 9.17) is 11.6 Å². The fraction of sp³-hybridized carbons (Fsp3) is 0.304. The molecule has 3 aromatic rings. The SMILES string of the molecule is Cc1ccc2cc(C(=O)NCc3ccc(Cl)cc3)c(=O)n(CC(=O)N3CC(C)C3)c2n1. The minimum Gasteiger partial charge on any atom is -0.348 e. The van der Waals surface area contributed by atoms with Crippen molar-refractivity contribution in [3.8, 4) is 0 Å². The Kier molecular flexibility index (Phi) is 5.78. The number of nitrogens with zero attached hydrogens (tertiary/aromatic N) is 3. The van der Waals surface area contributed by atoms with E-state index in [0.29, 0.717) is 35.1 Å². The molecule has 7 nitrogen and oxygen atoms in total. The molecule has 8 heteroatoms. The van der Waals surface area contributed by atoms with Gasteiger partial charge in [-0.15, -0.1) is 0 Å². The fourth-order valence-electron chi connectivity index (χ4n) is 3.67. The predicted octanol–water partition coefficient (Wildman–Crippen LogP) is 2.77. The monoisotopic (exact) mass is 438 g/mol. The van der Waals surface area contributed by atoms with Crippen LogP contribution in [0.2, 0.25) is 5.02 Å². The van der Waals surface area contributed by atoms with Gasteiger partial charge in [-0.3, -0.25) is 19.0 Å². The van der Waals surface area contributed by atoms with E-state index in [0.717, 1.165) is 11.3 Å². The molecule has 1 aliphatic rings. The smallest absolute Gasteiger partial charge is 0.265 e. The standard InChI is InChI=1S/C23H23ClN4O3/c1-14-11-27(12-14)20(29)13-28-21-17(6-3-15(2)26-21)9-19(23(28)31)22(30)25-10-16-4-7-18(24)8-5-16/h3-9,14H,10-13H2,1-2H3,(H,25,30). The van der Waals surface area contributed by atoms with Gasteiger partial charge in [-0.05, 0) is 48.7 Å². The van der Waals surface area contributed by atoms with E-state index >= 15 is 0 Å². The maximum absolute atomic E-state index is 13.2. The number of hydrogen-bond acceptors (Lipinski definition) is 4. The molecule has 31 heavy (non-hydrogen) atoms. The number of aromatic nitrogens is 2. The number of carbonyl (C=O) groups is 2. The van der Waals surface area contributed by atoms with Gasteiger partial charge in [0, 0.05) is 35.7 Å². The number of pyridine rings is 2. The first kappa shape index (κ1) is 21.1. The van der Waals surface area contributed by atoms with E-state index < -0.39 is 11.5 Å². The molecule has 0 saturated carbocycles. The molecule has 1 saturated heterocycles. The van der Waals surface area contributed by atoms with E-state index in [9.17, 15) is 14.4 Å². The number of hydrogen-bond donors (Lipinski definition) is 1. The van der Waals surface area contributed by atoms with E-state index in [2.05, 4.69) is 17.2 Å². The highest BCUT2D eigenvalue weighted by Gasteiger charge is 2.28. The Morgan fingerprint density at radius 1 is 1.16 bits per heavy atom. The summed E-state index contributed by atoms with van der Waals surface area (Å²) >= 11 is 5.89. The van der Waals surface area contributed by atoms with Gasteiger partial charge in [0.2, 0.25) is 5.91 Å². The normalized spacial score (nSPS) is 13.8. The highest BCUT2D eigenvalue weighted by Crippen LogP contribution is 2.17. The van der Waals surface area contributed by atoms with Gasteiger partial charge in [0.05, 0.1) is 0 Å². The highest BCUT2D eigenvalue weighted by molar-refractivity contribution is 6.30. The summed E-state index contributed by atoms with van der Waals surface area (Å²) in [6, 6.07) is 12.2. The first-order valence-electron chi connectivity index (χ1n) is 10.1. The molecule has 1 N–H and O–H groups in total. The average Bonchev–Trinajstić information content (AvgIpc) is 2.72. The molecule has 4 rings (SSSR count). The summed E-state index contributed by atoms with van der Waals surface area (Å²) in [5.41, 5.74) is 1.45. The van der Waals surface area contributed by atoms with Gasteiger partial charge in [0.15, 0.2) is 0 Å². The van der Waals surface area contributed by atoms with Crippen LogP contribution in [0, 0.1) is 12.8 Å². The second kappa shape index (κ2) is 8.51. The van der Waals surface area contributed by atoms with E-state index in [-0.39, 0.29) is 24.6 Å². The number of halogens is 1. The lowest BCUT2D eigenvalue weighted by atomic mass is 10.0. The van der Waals surface area contributed by atoms with Crippen molar-refractivity contribution in [2.45, 2.75) is 26.9 Å². The molecule has 0 unspecified atom stereocenters. The number of rotatable bonds is 5. The first-order chi connectivity index (χ1) is 14.8. The number of fused-ring (bicyclic) bond motifs is 1. The number of amides is 2. The molecule has 1 fully saturated rings. The van der Waals surface area contributed by atoms with Crippen molar-refractivity contribution in [3.63, 3.8) is 0 Å². The minimum atomic E-state index is -0.527. The second-order valence-electron chi connectivity index (χ2n) is 8.03. The van der Waals surface area contributed by atoms with Crippen LogP contribution >= 0.6 is 11.6 Å². The van der Waals surface area contributed by atoms with Crippen LogP contribution in [0.3, 0.4) is 0 Å². The van der Waals surface area contributed by atoms with Crippen molar-refractivity contribution >= 4 is 34.4 Å². The van der Waals surface area contributed by atoms with Gasteiger partial charge < -0.3 is 10.2 Å². The van der Waals surface area contributed by atoms with Crippen LogP contribution in [0.5, 0.6) is 0 Å². The fourth-order valence-corrected chi connectivity index (χ4v) is 3.79. The van der Waals surface area contributed by atoms with Crippen LogP contribution in [0.25, 0.3) is 11.0 Å². The van der Waals surface area contributed by atoms with Gasteiger partial charge in [-0.2, -0.15) is 0 Å². The maximum Gasteiger partial charge on any atom is 0.265 e. The van der Waals surface area contributed by atoms with Crippen molar-refractivity contribution in [1.82, 2.24) is 19.8 Å². The molecule has 0 atom stereocenters. The summed E-state index contributed by atoms with van der Waals surface area (Å²) in [4.78, 5) is 44.9. The molecule has 160 valence electrons. The van der Waals surface area contributed by atoms with Crippen LogP contribution in [0.4, 0.5) is 0 Å². The summed E-state index contributed by atoms with van der Waals surface area (Å²) in [7, 11) is 0. The summed E-state index contributed by atoms with van der Waals surface area (Å²) in [5.74, 6) is -0.188. The molecule has 1 aromatic carbocycles. The van der Waals surface area contributed by atoms with Crippen LogP contribution in [-0.2, 0) is 17.9 Å². The maximum atomic E-state index is 13.2. The summed E-state index contributed by atoms with van der Waals surface area (Å²) in [5, 5.41) is 4.01. The molecule has 1 aliphatic heterocycles. The van der Waals surface area contributed by atoms with Gasteiger partial charge in [0.1, 0.15) is 17.8 Å². The van der Waals surface area contributed by atoms with Crippen LogP contribution < -0.4 is 10.9 Å². The molecule has 0 spiro atoms. The number of likely N-dealkylation sites (tertiary alicyclic amines) is 1. The van der Waals surface area contributed by atoms with Crippen molar-refractivity contribution in [3.05, 3.63) is 74.7 Å². The summed E-state index contributed by atoms with van der Waals surface area (Å²) < 4.78 is 1.31. The average molecular weight is 439 g/mol. The topological polar surface area (TPSA) is 84.3 Å². The summed E-state index contributed by atoms with van der Waals surface area (Å²) in [6.45, 7) is 5.36. The number of benzene rings is 1. The van der Waals surface area contributed by atoms with Crippen LogP contribution in [-0.4, -0.2) is 39.4 Å². The minimum absolute atomic E-state index is 0.0168. The van der Waals surface area contributed by atoms with Gasteiger partial charge in [0.25, 0.3) is 11.5 Å². The quantitative estimate of drug-likeness (QED) is 0.663. The Morgan fingerprint density at radius 3 is 2.55 bits per heavy atom. The van der Waals surface area contributed by atoms with E-state index in [1.54, 1.807) is 35.2 Å². The van der Waals surface area contributed by atoms with Gasteiger partial charge in [-0.25, -0.2) is 4.98 Å². The van der Waals surface area contributed by atoms with Crippen molar-refractivity contribution in [1.29, 1.82) is 0 Å². The lowest BCUT2D eigenvalue weighted by molar-refractivity contribution is -0.137. The van der Waals surface area contributed by atoms with Gasteiger partial charge >= 0.3 is 0 Å². The van der Waals surface area contributed by atoms with Crippen molar-refractivity contribution < 1.29 is 9.59 Å². The Bertz CT molecular complexity index is 1210. The van der Waals surface area contributed by atoms with Crippen LogP contribution in [0.15, 0.2) is 47.3 Å². The highest BCUT2D eigenvalue weighted by atomic mass is 35.5. The molecular weight excluding hydrogens is 416 g/mol. The number of aryl methyl sites for hydroxylation is 1. The third-order valence-corrected chi connectivity index (χ3v) is 5.65. The zero-order chi connectivity index (χ0) is 22.1. The molecule has 3 heterocycles. The Hall–Kier alpha value is -3.19. The van der Waals surface area contributed by atoms with Crippen molar-refractivity contribution in [2.24, 2.45) is 5.92 Å². The number of nitrogens with one attached hydrogen (secondary N) is 1. The third kappa shape index (κ3) is 4.46. The first-order valence-corrected chi connectivity index (χ1v) is 10.5. The van der Waals surface area contributed by atoms with Crippen molar-refractivity contribution in [2.75, 3.05) is 13.1 Å². The molecule has 0 radical (unpaired) electrons. The molecule has 0 bridgehead atoms. The third-order valence-electron chi connectivity index (χ3n) is 5.40. The lowest BCUT2D eigenvalue weighted by Gasteiger charge is -2.37. The molecular formula is C23H23ClN4O3. The Morgan fingerprint density at radius 2 is 1.87 bits per heavy atom. The summed E-state index contributed by atoms with van der Waals surface area (Å²) in [6.07, 6.45) is 0. The molecule has 2 amide bonds. The zero-order valence-corrected chi connectivity index (χ0v) is 18.1. The van der Waals surface area contributed by atoms with Crippen LogP contribution in [0.1, 0.15) is 28.5 Å². The Balaban J connectivity index is 1.65. The van der Waals surface area contributed by atoms with Gasteiger partial charge in [-0.1, -0.05) is 30.7 Å². The predicted molar refractivity (Wildman–Crippen MR) is 119 cm³/mol. The second-order valence-corrected chi connectivity index (χ2v) is 8.46. The Labute approximate surface area is 184 Å². The van der Waals surface area contributed by atoms with E-state index in [1.165, 1.54) is 10.6 Å². The number of carbonyl (C=O) groups excluding carboxylic acids is 2. The molecule has 2 aromatic heterocycles. The zero-order valence-electron chi connectivity index (χ0n) is 17.4. The lowest BCUT2D eigenvalue weighted by Crippen LogP contribution is -2.50. The molecule has 0 aliphatic carbocycles.